The first kappa shape index (κ1) is 25.9. The topological polar surface area (TPSA) is 111 Å². The van der Waals surface area contributed by atoms with Crippen molar-refractivity contribution in [3.05, 3.63) is 0 Å². The first-order chi connectivity index (χ1) is 17.5. The van der Waals surface area contributed by atoms with Crippen LogP contribution >= 0.6 is 0 Å². The van der Waals surface area contributed by atoms with Gasteiger partial charge in [-0.25, -0.2) is 9.59 Å². The summed E-state index contributed by atoms with van der Waals surface area (Å²) in [6, 6.07) is 0. The molecule has 2 saturated carbocycles. The minimum Gasteiger partial charge on any atom is -0.449 e. The molecule has 5 aliphatic rings. The molecule has 2 unspecified atom stereocenters. The van der Waals surface area contributed by atoms with Crippen LogP contribution in [0.5, 0.6) is 0 Å². The predicted octanol–water partition coefficient (Wildman–Crippen LogP) is 3.43. The lowest BCUT2D eigenvalue weighted by molar-refractivity contribution is -0.177. The van der Waals surface area contributed by atoms with Crippen molar-refractivity contribution in [1.29, 1.82) is 0 Å². The van der Waals surface area contributed by atoms with E-state index in [1.165, 1.54) is 12.8 Å². The number of fused-ring (bicyclic) bond motifs is 2. The van der Waals surface area contributed by atoms with Gasteiger partial charge in [0.1, 0.15) is 0 Å². The van der Waals surface area contributed by atoms with E-state index in [-0.39, 0.29) is 25.5 Å². The molecule has 0 radical (unpaired) electrons. The number of nitrogens with one attached hydrogen (secondary N) is 1. The fraction of sp³-hybridized carbons (Fsp3) is 0.704. The summed E-state index contributed by atoms with van der Waals surface area (Å²) >= 11 is 0. The summed E-state index contributed by atoms with van der Waals surface area (Å²) in [5.74, 6) is 15.2. The van der Waals surface area contributed by atoms with Gasteiger partial charge in [0, 0.05) is 45.6 Å². The minimum absolute atomic E-state index is 0.0822. The molecule has 0 aromatic rings. The number of hydrogen-bond donors (Lipinski definition) is 1. The number of amides is 3. The zero-order valence-electron chi connectivity index (χ0n) is 20.8. The fourth-order valence-electron chi connectivity index (χ4n) is 5.73. The van der Waals surface area contributed by atoms with Crippen LogP contribution in [0.15, 0.2) is 0 Å². The first-order valence-electron chi connectivity index (χ1n) is 13.0. The standard InChI is InChI=1S/C15H17NO5.C12H17NO2/c17-13-7-8-14(18)16(13)21-15(19)20-9-12-10-5-3-1-2-4-6-11(10)12;1-13-12(14)15-8-11-9-6-4-2-3-5-7-10(9)11/h10-12H,3-9H2;9-11H,4-8H2,1H3,(H,13,14)/t10-,11+,12?;9-,10+,11?. The van der Waals surface area contributed by atoms with Gasteiger partial charge in [-0.3, -0.25) is 14.4 Å². The predicted molar refractivity (Wildman–Crippen MR) is 127 cm³/mol. The van der Waals surface area contributed by atoms with Crippen molar-refractivity contribution in [2.45, 2.75) is 64.2 Å². The molecule has 0 spiro atoms. The van der Waals surface area contributed by atoms with Crippen molar-refractivity contribution in [3.8, 4) is 23.7 Å². The van der Waals surface area contributed by atoms with Crippen LogP contribution in [0.3, 0.4) is 0 Å². The van der Waals surface area contributed by atoms with Crippen molar-refractivity contribution in [2.75, 3.05) is 20.3 Å². The van der Waals surface area contributed by atoms with Gasteiger partial charge in [0.15, 0.2) is 0 Å². The van der Waals surface area contributed by atoms with Crippen LogP contribution in [0.4, 0.5) is 9.59 Å². The molecule has 5 rings (SSSR count). The fourth-order valence-corrected chi connectivity index (χ4v) is 5.73. The third kappa shape index (κ3) is 6.72. The molecule has 3 amide bonds. The van der Waals surface area contributed by atoms with Gasteiger partial charge in [-0.15, -0.1) is 23.7 Å². The van der Waals surface area contributed by atoms with Crippen LogP contribution in [-0.2, 0) is 23.9 Å². The number of ether oxygens (including phenoxy) is 2. The van der Waals surface area contributed by atoms with Gasteiger partial charge in [-0.1, -0.05) is 5.06 Å². The van der Waals surface area contributed by atoms with Crippen molar-refractivity contribution >= 4 is 24.1 Å². The van der Waals surface area contributed by atoms with Crippen LogP contribution in [0.25, 0.3) is 0 Å². The average Bonchev–Trinajstić information content (AvgIpc) is 3.66. The Hall–Kier alpha value is -3.20. The Morgan fingerprint density at radius 3 is 1.61 bits per heavy atom. The van der Waals surface area contributed by atoms with Gasteiger partial charge in [0.05, 0.1) is 13.2 Å². The molecule has 3 fully saturated rings. The third-order valence-corrected chi connectivity index (χ3v) is 7.85. The highest BCUT2D eigenvalue weighted by molar-refractivity contribution is 6.01. The van der Waals surface area contributed by atoms with Gasteiger partial charge >= 0.3 is 12.2 Å². The van der Waals surface area contributed by atoms with E-state index in [0.717, 1.165) is 50.4 Å². The monoisotopic (exact) mass is 498 g/mol. The second-order valence-corrected chi connectivity index (χ2v) is 9.93. The zero-order chi connectivity index (χ0) is 25.5. The molecule has 36 heavy (non-hydrogen) atoms. The van der Waals surface area contributed by atoms with Crippen LogP contribution in [-0.4, -0.2) is 49.4 Å². The summed E-state index contributed by atoms with van der Waals surface area (Å²) in [5.41, 5.74) is 0. The van der Waals surface area contributed by atoms with Crippen LogP contribution in [0.1, 0.15) is 64.2 Å². The molecule has 1 N–H and O–H groups in total. The second-order valence-electron chi connectivity index (χ2n) is 9.93. The molecule has 1 aliphatic heterocycles. The number of imide groups is 1. The van der Waals surface area contributed by atoms with E-state index in [1.807, 2.05) is 0 Å². The molecule has 1 heterocycles. The summed E-state index contributed by atoms with van der Waals surface area (Å²) in [4.78, 5) is 49.8. The Labute approximate surface area is 211 Å². The molecular weight excluding hydrogens is 464 g/mol. The Morgan fingerprint density at radius 1 is 0.778 bits per heavy atom. The first-order valence-corrected chi connectivity index (χ1v) is 13.0. The van der Waals surface area contributed by atoms with Gasteiger partial charge < -0.3 is 14.8 Å². The molecule has 0 aromatic heterocycles. The number of carbonyl (C=O) groups excluding carboxylic acids is 4. The minimum atomic E-state index is -0.978. The molecule has 194 valence electrons. The number of nitrogens with zero attached hydrogens (tertiary/aromatic N) is 1. The maximum atomic E-state index is 11.5. The summed E-state index contributed by atoms with van der Waals surface area (Å²) in [6.45, 7) is 0.861. The summed E-state index contributed by atoms with van der Waals surface area (Å²) in [5, 5.41) is 2.97. The van der Waals surface area contributed by atoms with Gasteiger partial charge in [0.2, 0.25) is 0 Å². The largest absolute Gasteiger partial charge is 0.533 e. The van der Waals surface area contributed by atoms with Crippen LogP contribution in [0, 0.1) is 59.2 Å². The maximum Gasteiger partial charge on any atom is 0.533 e. The number of rotatable bonds is 5. The zero-order valence-corrected chi connectivity index (χ0v) is 20.8. The van der Waals surface area contributed by atoms with E-state index in [1.54, 1.807) is 7.05 Å². The number of carbonyl (C=O) groups is 4. The Kier molecular flexibility index (Phi) is 8.74. The van der Waals surface area contributed by atoms with E-state index in [2.05, 4.69) is 33.8 Å². The van der Waals surface area contributed by atoms with E-state index in [9.17, 15) is 19.2 Å². The average molecular weight is 499 g/mol. The van der Waals surface area contributed by atoms with Crippen LogP contribution < -0.4 is 5.32 Å². The van der Waals surface area contributed by atoms with E-state index in [4.69, 9.17) is 9.47 Å². The number of hydroxylamine groups is 2. The number of hydrogen-bond acceptors (Lipinski definition) is 7. The van der Waals surface area contributed by atoms with Crippen molar-refractivity contribution < 1.29 is 33.5 Å². The van der Waals surface area contributed by atoms with Crippen molar-refractivity contribution in [2.24, 2.45) is 35.5 Å². The smallest absolute Gasteiger partial charge is 0.449 e. The van der Waals surface area contributed by atoms with Crippen molar-refractivity contribution in [1.82, 2.24) is 10.4 Å². The lowest BCUT2D eigenvalue weighted by Gasteiger charge is -2.12. The lowest BCUT2D eigenvalue weighted by Crippen LogP contribution is -2.32. The Morgan fingerprint density at radius 2 is 1.19 bits per heavy atom. The summed E-state index contributed by atoms with van der Waals surface area (Å²) < 4.78 is 10.1. The Bertz CT molecular complexity index is 936. The van der Waals surface area contributed by atoms with Gasteiger partial charge in [-0.2, -0.15) is 0 Å². The van der Waals surface area contributed by atoms with E-state index in [0.29, 0.717) is 35.3 Å². The molecule has 6 atom stereocenters. The SMILES string of the molecule is CNC(=O)OCC1[C@H]2CCC#CCC[C@@H]12.O=C(OCC1[C@H]2CCC#CCC[C@@H]12)ON1C(=O)CCC1=O. The molecule has 9 nitrogen and oxygen atoms in total. The van der Waals surface area contributed by atoms with Crippen molar-refractivity contribution in [3.63, 3.8) is 0 Å². The quantitative estimate of drug-likeness (QED) is 0.351. The normalized spacial score (nSPS) is 31.4. The highest BCUT2D eigenvalue weighted by Gasteiger charge is 2.50. The second kappa shape index (κ2) is 12.2. The molecule has 9 heteroatoms. The highest BCUT2D eigenvalue weighted by Crippen LogP contribution is 2.53. The molecule has 0 bridgehead atoms. The molecule has 0 aromatic carbocycles. The van der Waals surface area contributed by atoms with Gasteiger partial charge in [0.25, 0.3) is 11.8 Å². The molecule has 4 aliphatic carbocycles. The highest BCUT2D eigenvalue weighted by atomic mass is 16.8. The molecule has 1 saturated heterocycles. The Balaban J connectivity index is 0.000000179. The molecular formula is C27H34N2O7. The summed E-state index contributed by atoms with van der Waals surface area (Å²) in [6.07, 6.45) is 7.15. The maximum absolute atomic E-state index is 11.5. The van der Waals surface area contributed by atoms with E-state index < -0.39 is 18.0 Å². The van der Waals surface area contributed by atoms with E-state index >= 15 is 0 Å². The third-order valence-electron chi connectivity index (χ3n) is 7.85. The van der Waals surface area contributed by atoms with Crippen LogP contribution in [0.2, 0.25) is 0 Å². The lowest BCUT2D eigenvalue weighted by atomic mass is 10.1. The summed E-state index contributed by atoms with van der Waals surface area (Å²) in [7, 11) is 1.59. The van der Waals surface area contributed by atoms with Gasteiger partial charge in [-0.05, 0) is 61.2 Å². The number of alkyl carbamates (subject to hydrolysis) is 1.